The minimum atomic E-state index is -1.28. The van der Waals surface area contributed by atoms with Crippen LogP contribution >= 0.6 is 0 Å². The fourth-order valence-electron chi connectivity index (χ4n) is 5.61. The van der Waals surface area contributed by atoms with Crippen molar-refractivity contribution < 1.29 is 19.1 Å². The van der Waals surface area contributed by atoms with Crippen LogP contribution in [0.5, 0.6) is 0 Å². The van der Waals surface area contributed by atoms with Crippen LogP contribution in [-0.2, 0) is 19.1 Å². The van der Waals surface area contributed by atoms with Gasteiger partial charge in [0.2, 0.25) is 5.91 Å². The summed E-state index contributed by atoms with van der Waals surface area (Å²) in [4.78, 5) is 28.9. The van der Waals surface area contributed by atoms with Crippen LogP contribution in [0.2, 0.25) is 0 Å². The molecule has 0 spiro atoms. The third-order valence-corrected chi connectivity index (χ3v) is 8.13. The van der Waals surface area contributed by atoms with Gasteiger partial charge in [0.25, 0.3) is 5.79 Å². The van der Waals surface area contributed by atoms with E-state index in [1.54, 1.807) is 0 Å². The standard InChI is InChI=1S/C27H41NO4/c1-4-21(17-22-9-10-22)18-25(29)27(31-15-8-16-32-27)24-12-11-23(19(2)20(24)3)26(30)28-13-6-5-7-14-28/h11-12,19-22H,4-10,13-18H2,1-3H3. The molecule has 1 saturated carbocycles. The molecule has 0 aromatic carbocycles. The molecule has 4 rings (SSSR count). The predicted molar refractivity (Wildman–Crippen MR) is 125 cm³/mol. The van der Waals surface area contributed by atoms with Gasteiger partial charge in [-0.3, -0.25) is 9.59 Å². The first-order chi connectivity index (χ1) is 15.5. The van der Waals surface area contributed by atoms with Crippen molar-refractivity contribution in [1.82, 2.24) is 4.90 Å². The smallest absolute Gasteiger partial charge is 0.252 e. The minimum absolute atomic E-state index is 0.00861. The summed E-state index contributed by atoms with van der Waals surface area (Å²) in [5, 5.41) is 0. The average Bonchev–Trinajstić information content (AvgIpc) is 3.65. The number of likely N-dealkylation sites (tertiary alicyclic amines) is 1. The van der Waals surface area contributed by atoms with Crippen molar-refractivity contribution in [3.8, 4) is 0 Å². The molecule has 3 fully saturated rings. The van der Waals surface area contributed by atoms with Crippen molar-refractivity contribution in [3.05, 3.63) is 23.3 Å². The molecule has 2 aliphatic heterocycles. The van der Waals surface area contributed by atoms with Gasteiger partial charge in [0.1, 0.15) is 0 Å². The van der Waals surface area contributed by atoms with E-state index in [0.29, 0.717) is 25.6 Å². The lowest BCUT2D eigenvalue weighted by Gasteiger charge is -2.43. The number of hydrogen-bond acceptors (Lipinski definition) is 4. The maximum atomic E-state index is 13.7. The summed E-state index contributed by atoms with van der Waals surface area (Å²) in [7, 11) is 0. The molecule has 0 bridgehead atoms. The van der Waals surface area contributed by atoms with Crippen molar-refractivity contribution in [3.63, 3.8) is 0 Å². The average molecular weight is 444 g/mol. The van der Waals surface area contributed by atoms with Crippen LogP contribution in [0.15, 0.2) is 23.3 Å². The van der Waals surface area contributed by atoms with E-state index in [1.807, 2.05) is 17.1 Å². The van der Waals surface area contributed by atoms with Gasteiger partial charge in [-0.15, -0.1) is 0 Å². The van der Waals surface area contributed by atoms with Gasteiger partial charge in [0.15, 0.2) is 5.78 Å². The van der Waals surface area contributed by atoms with E-state index in [-0.39, 0.29) is 23.5 Å². The first kappa shape index (κ1) is 23.7. The Morgan fingerprint density at radius 2 is 1.72 bits per heavy atom. The van der Waals surface area contributed by atoms with E-state index in [0.717, 1.165) is 62.3 Å². The largest absolute Gasteiger partial charge is 0.340 e. The third kappa shape index (κ3) is 4.89. The number of ether oxygens (including phenoxy) is 2. The Morgan fingerprint density at radius 3 is 2.34 bits per heavy atom. The number of amides is 1. The Hall–Kier alpha value is -1.46. The van der Waals surface area contributed by atoms with Gasteiger partial charge in [-0.25, -0.2) is 0 Å². The molecule has 3 unspecified atom stereocenters. The van der Waals surface area contributed by atoms with E-state index >= 15 is 0 Å². The Bertz CT molecular complexity index is 754. The molecule has 5 heteroatoms. The molecule has 0 aromatic heterocycles. The maximum Gasteiger partial charge on any atom is 0.252 e. The van der Waals surface area contributed by atoms with Crippen LogP contribution in [0, 0.1) is 23.7 Å². The van der Waals surface area contributed by atoms with Crippen molar-refractivity contribution in [1.29, 1.82) is 0 Å². The highest BCUT2D eigenvalue weighted by Crippen LogP contribution is 2.44. The topological polar surface area (TPSA) is 55.8 Å². The number of Topliss-reactive ketones (excluding diaryl/α,β-unsaturated/α-hetero) is 1. The lowest BCUT2D eigenvalue weighted by Crippen LogP contribution is -2.52. The lowest BCUT2D eigenvalue weighted by atomic mass is 9.74. The fraction of sp³-hybridized carbons (Fsp3) is 0.778. The summed E-state index contributed by atoms with van der Waals surface area (Å²) >= 11 is 0. The molecular weight excluding hydrogens is 402 g/mol. The van der Waals surface area contributed by atoms with E-state index in [2.05, 4.69) is 20.8 Å². The molecule has 0 radical (unpaired) electrons. The monoisotopic (exact) mass is 443 g/mol. The molecule has 0 N–H and O–H groups in total. The Kier molecular flexibility index (Phi) is 7.56. The summed E-state index contributed by atoms with van der Waals surface area (Å²) in [6.45, 7) is 9.17. The van der Waals surface area contributed by atoms with Crippen LogP contribution in [0.25, 0.3) is 0 Å². The SMILES string of the molecule is CCC(CC(=O)C1(C2=CC=C(C(=O)N3CCCCC3)C(C)C2C)OCCCO1)CC1CC1. The Morgan fingerprint density at radius 1 is 1.03 bits per heavy atom. The fourth-order valence-corrected chi connectivity index (χ4v) is 5.61. The summed E-state index contributed by atoms with van der Waals surface area (Å²) in [5.74, 6) is 0.167. The molecule has 2 aliphatic carbocycles. The molecular formula is C27H41NO4. The molecule has 1 amide bonds. The number of carbonyl (C=O) groups excluding carboxylic acids is 2. The van der Waals surface area contributed by atoms with Crippen LogP contribution in [-0.4, -0.2) is 48.7 Å². The van der Waals surface area contributed by atoms with Crippen LogP contribution in [0.4, 0.5) is 0 Å². The summed E-state index contributed by atoms with van der Waals surface area (Å²) in [6, 6.07) is 0. The number of piperidine rings is 1. The van der Waals surface area contributed by atoms with E-state index in [1.165, 1.54) is 19.3 Å². The number of carbonyl (C=O) groups is 2. The van der Waals surface area contributed by atoms with Gasteiger partial charge in [0.05, 0.1) is 13.2 Å². The summed E-state index contributed by atoms with van der Waals surface area (Å²) in [6.07, 6.45) is 13.4. The number of ketones is 1. The Balaban J connectivity index is 1.57. The number of rotatable bonds is 8. The molecule has 3 atom stereocenters. The number of nitrogens with zero attached hydrogens (tertiary/aromatic N) is 1. The summed E-state index contributed by atoms with van der Waals surface area (Å²) in [5.41, 5.74) is 1.74. The van der Waals surface area contributed by atoms with E-state index in [9.17, 15) is 9.59 Å². The number of hydrogen-bond donors (Lipinski definition) is 0. The molecule has 2 saturated heterocycles. The normalized spacial score (nSPS) is 29.2. The van der Waals surface area contributed by atoms with Gasteiger partial charge in [-0.1, -0.05) is 52.2 Å². The van der Waals surface area contributed by atoms with Gasteiger partial charge in [-0.05, 0) is 55.8 Å². The molecule has 32 heavy (non-hydrogen) atoms. The van der Waals surface area contributed by atoms with Crippen molar-refractivity contribution in [2.24, 2.45) is 23.7 Å². The molecule has 4 aliphatic rings. The van der Waals surface area contributed by atoms with Crippen LogP contribution in [0.1, 0.15) is 78.6 Å². The second-order valence-corrected chi connectivity index (χ2v) is 10.4. The first-order valence-electron chi connectivity index (χ1n) is 13.0. The Labute approximate surface area is 193 Å². The first-order valence-corrected chi connectivity index (χ1v) is 13.0. The highest BCUT2D eigenvalue weighted by Gasteiger charge is 2.50. The molecule has 178 valence electrons. The van der Waals surface area contributed by atoms with E-state index in [4.69, 9.17) is 9.47 Å². The highest BCUT2D eigenvalue weighted by molar-refractivity contribution is 5.95. The van der Waals surface area contributed by atoms with Crippen LogP contribution in [0.3, 0.4) is 0 Å². The predicted octanol–water partition coefficient (Wildman–Crippen LogP) is 5.06. The van der Waals surface area contributed by atoms with E-state index < -0.39 is 5.79 Å². The second kappa shape index (κ2) is 10.2. The zero-order valence-corrected chi connectivity index (χ0v) is 20.2. The van der Waals surface area contributed by atoms with Crippen LogP contribution < -0.4 is 0 Å². The third-order valence-electron chi connectivity index (χ3n) is 8.13. The quantitative estimate of drug-likeness (QED) is 0.526. The zero-order valence-electron chi connectivity index (χ0n) is 20.2. The molecule has 5 nitrogen and oxygen atoms in total. The van der Waals surface area contributed by atoms with Crippen molar-refractivity contribution in [2.45, 2.75) is 84.3 Å². The van der Waals surface area contributed by atoms with Gasteiger partial charge in [0, 0.05) is 30.7 Å². The highest BCUT2D eigenvalue weighted by atomic mass is 16.7. The molecule has 2 heterocycles. The van der Waals surface area contributed by atoms with Gasteiger partial charge >= 0.3 is 0 Å². The van der Waals surface area contributed by atoms with Gasteiger partial charge < -0.3 is 14.4 Å². The second-order valence-electron chi connectivity index (χ2n) is 10.4. The zero-order chi connectivity index (χ0) is 22.7. The van der Waals surface area contributed by atoms with Crippen molar-refractivity contribution in [2.75, 3.05) is 26.3 Å². The summed E-state index contributed by atoms with van der Waals surface area (Å²) < 4.78 is 12.4. The lowest BCUT2D eigenvalue weighted by molar-refractivity contribution is -0.238. The maximum absolute atomic E-state index is 13.7. The molecule has 0 aromatic rings. The van der Waals surface area contributed by atoms with Gasteiger partial charge in [-0.2, -0.15) is 0 Å². The number of allylic oxidation sites excluding steroid dienone is 2. The minimum Gasteiger partial charge on any atom is -0.340 e. The van der Waals surface area contributed by atoms with Crippen molar-refractivity contribution >= 4 is 11.7 Å².